The van der Waals surface area contributed by atoms with Crippen LogP contribution in [0.2, 0.25) is 0 Å². The van der Waals surface area contributed by atoms with Crippen molar-refractivity contribution in [3.63, 3.8) is 0 Å². The average Bonchev–Trinajstić information content (AvgIpc) is 1.65. The predicted molar refractivity (Wildman–Crippen MR) is 23.5 cm³/mol. The van der Waals surface area contributed by atoms with Crippen LogP contribution >= 0.6 is 0 Å². The van der Waals surface area contributed by atoms with Gasteiger partial charge in [0, 0.05) is 0 Å². The van der Waals surface area contributed by atoms with Crippen LogP contribution in [0, 0.1) is 10.1 Å². The second-order valence-corrected chi connectivity index (χ2v) is 0.849. The normalized spacial score (nSPS) is 11.1. The number of nitrogens with zero attached hydrogens (tertiary/aromatic N) is 1. The summed E-state index contributed by atoms with van der Waals surface area (Å²) in [7, 11) is 0. The third kappa shape index (κ3) is 1.58. The molecule has 0 aromatic heterocycles. The van der Waals surface area contributed by atoms with Crippen molar-refractivity contribution >= 4 is 0 Å². The van der Waals surface area contributed by atoms with Gasteiger partial charge in [0.25, 0.3) is 0 Å². The van der Waals surface area contributed by atoms with E-state index in [1.165, 1.54) is 0 Å². The summed E-state index contributed by atoms with van der Waals surface area (Å²) in [6.07, 6.45) is 0.736. The SMILES string of the molecule is NC=C(N)[N+](=O)[O-]. The molecular weight excluding hydrogens is 98.0 g/mol. The molecule has 5 nitrogen and oxygen atoms in total. The fourth-order valence-corrected chi connectivity index (χ4v) is 0.0609. The molecule has 0 aromatic rings. The van der Waals surface area contributed by atoms with Crippen molar-refractivity contribution in [2.24, 2.45) is 11.5 Å². The molecule has 0 aliphatic rings. The highest BCUT2D eigenvalue weighted by molar-refractivity contribution is 4.78. The molecule has 0 heterocycles. The molecule has 0 bridgehead atoms. The van der Waals surface area contributed by atoms with E-state index in [0.717, 1.165) is 6.20 Å². The standard InChI is InChI=1S/C2H5N3O2/c3-1-2(4)5(6)7/h1H,3-4H2. The van der Waals surface area contributed by atoms with Crippen molar-refractivity contribution in [1.29, 1.82) is 0 Å². The van der Waals surface area contributed by atoms with E-state index in [4.69, 9.17) is 0 Å². The van der Waals surface area contributed by atoms with Gasteiger partial charge in [-0.3, -0.25) is 5.73 Å². The highest BCUT2D eigenvalue weighted by atomic mass is 16.6. The molecule has 0 aliphatic carbocycles. The van der Waals surface area contributed by atoms with Gasteiger partial charge in [-0.2, -0.15) is 0 Å². The second kappa shape index (κ2) is 2.01. The third-order valence-electron chi connectivity index (χ3n) is 0.382. The first kappa shape index (κ1) is 5.74. The fourth-order valence-electron chi connectivity index (χ4n) is 0.0609. The van der Waals surface area contributed by atoms with Crippen molar-refractivity contribution in [3.8, 4) is 0 Å². The molecule has 0 rings (SSSR count). The summed E-state index contributed by atoms with van der Waals surface area (Å²) in [6, 6.07) is 0. The lowest BCUT2D eigenvalue weighted by atomic mass is 10.8. The zero-order valence-electron chi connectivity index (χ0n) is 3.50. The van der Waals surface area contributed by atoms with E-state index in [0.29, 0.717) is 0 Å². The minimum absolute atomic E-state index is 0.528. The molecule has 40 valence electrons. The van der Waals surface area contributed by atoms with Crippen molar-refractivity contribution in [1.82, 2.24) is 0 Å². The van der Waals surface area contributed by atoms with Gasteiger partial charge in [-0.25, -0.2) is 0 Å². The smallest absolute Gasteiger partial charge is 0.329 e. The molecule has 7 heavy (non-hydrogen) atoms. The Hall–Kier alpha value is -1.26. The first-order chi connectivity index (χ1) is 3.18. The van der Waals surface area contributed by atoms with Crippen molar-refractivity contribution in [2.45, 2.75) is 0 Å². The zero-order chi connectivity index (χ0) is 5.86. The third-order valence-corrected chi connectivity index (χ3v) is 0.382. The maximum atomic E-state index is 9.46. The topological polar surface area (TPSA) is 95.2 Å². The van der Waals surface area contributed by atoms with E-state index in [1.54, 1.807) is 0 Å². The van der Waals surface area contributed by atoms with E-state index in [9.17, 15) is 10.1 Å². The maximum absolute atomic E-state index is 9.46. The molecule has 0 fully saturated rings. The Morgan fingerprint density at radius 2 is 2.29 bits per heavy atom. The molecular formula is C2H5N3O2. The van der Waals surface area contributed by atoms with Crippen LogP contribution in [0.15, 0.2) is 12.0 Å². The highest BCUT2D eigenvalue weighted by Gasteiger charge is 1.92. The fraction of sp³-hybridized carbons (Fsp3) is 0. The summed E-state index contributed by atoms with van der Waals surface area (Å²) in [5.74, 6) is -0.528. The zero-order valence-corrected chi connectivity index (χ0v) is 3.50. The van der Waals surface area contributed by atoms with Crippen LogP contribution in [0.4, 0.5) is 0 Å². The van der Waals surface area contributed by atoms with Gasteiger partial charge in [0.2, 0.25) is 0 Å². The minimum atomic E-state index is -0.764. The van der Waals surface area contributed by atoms with Crippen LogP contribution in [-0.4, -0.2) is 4.92 Å². The van der Waals surface area contributed by atoms with E-state index in [-0.39, 0.29) is 0 Å². The first-order valence-electron chi connectivity index (χ1n) is 1.50. The Bertz CT molecular complexity index is 108. The Labute approximate surface area is 39.7 Å². The summed E-state index contributed by atoms with van der Waals surface area (Å²) < 4.78 is 0. The van der Waals surface area contributed by atoms with E-state index in [2.05, 4.69) is 11.5 Å². The average molecular weight is 103 g/mol. The van der Waals surface area contributed by atoms with Gasteiger partial charge in [0.15, 0.2) is 0 Å². The lowest BCUT2D eigenvalue weighted by molar-refractivity contribution is -0.426. The molecule has 4 N–H and O–H groups in total. The van der Waals surface area contributed by atoms with Crippen molar-refractivity contribution in [2.75, 3.05) is 0 Å². The molecule has 5 heteroatoms. The van der Waals surface area contributed by atoms with Gasteiger partial charge < -0.3 is 15.8 Å². The molecule has 0 saturated heterocycles. The molecule has 0 atom stereocenters. The van der Waals surface area contributed by atoms with Gasteiger partial charge in [-0.15, -0.1) is 0 Å². The second-order valence-electron chi connectivity index (χ2n) is 0.849. The molecule has 0 radical (unpaired) electrons. The summed E-state index contributed by atoms with van der Waals surface area (Å²) in [5, 5.41) is 9.46. The minimum Gasteiger partial charge on any atom is -0.398 e. The van der Waals surface area contributed by atoms with Crippen LogP contribution in [0.3, 0.4) is 0 Å². The Morgan fingerprint density at radius 3 is 2.29 bits per heavy atom. The molecule has 0 saturated carbocycles. The van der Waals surface area contributed by atoms with Crippen molar-refractivity contribution < 1.29 is 4.92 Å². The summed E-state index contributed by atoms with van der Waals surface area (Å²) >= 11 is 0. The van der Waals surface area contributed by atoms with E-state index < -0.39 is 10.7 Å². The van der Waals surface area contributed by atoms with Crippen LogP contribution in [0.25, 0.3) is 0 Å². The maximum Gasteiger partial charge on any atom is 0.329 e. The number of nitrogens with two attached hydrogens (primary N) is 2. The largest absolute Gasteiger partial charge is 0.398 e. The van der Waals surface area contributed by atoms with Crippen LogP contribution in [0.1, 0.15) is 0 Å². The van der Waals surface area contributed by atoms with Crippen LogP contribution < -0.4 is 11.5 Å². The summed E-state index contributed by atoms with van der Waals surface area (Å²) in [5.41, 5.74) is 9.30. The van der Waals surface area contributed by atoms with E-state index >= 15 is 0 Å². The van der Waals surface area contributed by atoms with E-state index in [1.807, 2.05) is 0 Å². The Balaban J connectivity index is 3.82. The molecule has 0 spiro atoms. The van der Waals surface area contributed by atoms with Crippen molar-refractivity contribution in [3.05, 3.63) is 22.1 Å². The number of nitro groups is 1. The monoisotopic (exact) mass is 103 g/mol. The highest BCUT2D eigenvalue weighted by Crippen LogP contribution is 1.75. The molecule has 0 unspecified atom stereocenters. The molecule has 0 aromatic carbocycles. The molecule has 0 amide bonds. The predicted octanol–water partition coefficient (Wildman–Crippen LogP) is -1.02. The van der Waals surface area contributed by atoms with Gasteiger partial charge in [-0.05, 0) is 4.92 Å². The quantitative estimate of drug-likeness (QED) is 0.328. The summed E-state index contributed by atoms with van der Waals surface area (Å²) in [6.45, 7) is 0. The molecule has 0 aliphatic heterocycles. The number of rotatable bonds is 1. The first-order valence-corrected chi connectivity index (χ1v) is 1.50. The Morgan fingerprint density at radius 1 is 1.86 bits per heavy atom. The summed E-state index contributed by atoms with van der Waals surface area (Å²) in [4.78, 5) is 8.70. The lowest BCUT2D eigenvalue weighted by Gasteiger charge is -1.87. The van der Waals surface area contributed by atoms with Gasteiger partial charge in [0.05, 0.1) is 6.20 Å². The van der Waals surface area contributed by atoms with Crippen LogP contribution in [0.5, 0.6) is 0 Å². The van der Waals surface area contributed by atoms with Crippen LogP contribution in [-0.2, 0) is 0 Å². The Kier molecular flexibility index (Phi) is 1.65. The van der Waals surface area contributed by atoms with Gasteiger partial charge >= 0.3 is 5.82 Å². The van der Waals surface area contributed by atoms with Gasteiger partial charge in [-0.1, -0.05) is 0 Å². The van der Waals surface area contributed by atoms with Gasteiger partial charge in [0.1, 0.15) is 0 Å². The number of hydrogen-bond acceptors (Lipinski definition) is 4. The number of hydrogen-bond donors (Lipinski definition) is 2. The lowest BCUT2D eigenvalue weighted by Crippen LogP contribution is -2.10.